The van der Waals surface area contributed by atoms with E-state index in [1.54, 1.807) is 0 Å². The summed E-state index contributed by atoms with van der Waals surface area (Å²) in [6.45, 7) is 9.62. The molecule has 7 heteroatoms. The highest BCUT2D eigenvalue weighted by Crippen LogP contribution is 2.51. The van der Waals surface area contributed by atoms with Crippen LogP contribution in [-0.2, 0) is 33.2 Å². The predicted molar refractivity (Wildman–Crippen MR) is 80.8 cm³/mol. The van der Waals surface area contributed by atoms with Crippen molar-refractivity contribution in [2.75, 3.05) is 6.61 Å². The van der Waals surface area contributed by atoms with Crippen molar-refractivity contribution in [2.24, 2.45) is 0 Å². The quantitative estimate of drug-likeness (QED) is 0.672. The molecule has 7 nitrogen and oxygen atoms in total. The first kappa shape index (κ1) is 16.5. The van der Waals surface area contributed by atoms with Crippen LogP contribution in [0.15, 0.2) is 11.6 Å². The van der Waals surface area contributed by atoms with Gasteiger partial charge in [0, 0.05) is 12.5 Å². The van der Waals surface area contributed by atoms with Crippen molar-refractivity contribution in [1.29, 1.82) is 0 Å². The zero-order chi connectivity index (χ0) is 17.3. The summed E-state index contributed by atoms with van der Waals surface area (Å²) in [6.07, 6.45) is 0.0441. The van der Waals surface area contributed by atoms with Crippen LogP contribution >= 0.6 is 0 Å². The lowest BCUT2D eigenvalue weighted by molar-refractivity contribution is -0.252. The standard InChI is InChI=1S/C17H24O7/c1-9-6-11(18)22-17(7-9)12(10-8-19-15(2,3)21-10)20-14-13(17)23-16(4,5)24-14/h6,10,12-14H,7-8H2,1-5H3/t10-,12?,13+,14-,17-/m1/s1. The van der Waals surface area contributed by atoms with E-state index in [-0.39, 0.29) is 12.1 Å². The van der Waals surface area contributed by atoms with E-state index in [1.165, 1.54) is 6.08 Å². The lowest BCUT2D eigenvalue weighted by Crippen LogP contribution is -2.57. The molecule has 5 atom stereocenters. The number of fused-ring (bicyclic) bond motifs is 2. The first-order valence-corrected chi connectivity index (χ1v) is 8.33. The maximum atomic E-state index is 12.1. The smallest absolute Gasteiger partial charge is 0.331 e. The molecule has 0 N–H and O–H groups in total. The summed E-state index contributed by atoms with van der Waals surface area (Å²) in [5.74, 6) is -1.88. The van der Waals surface area contributed by atoms with Gasteiger partial charge in [-0.2, -0.15) is 0 Å². The fourth-order valence-corrected chi connectivity index (χ4v) is 4.11. The van der Waals surface area contributed by atoms with Gasteiger partial charge in [-0.05, 0) is 34.6 Å². The summed E-state index contributed by atoms with van der Waals surface area (Å²) >= 11 is 0. The van der Waals surface area contributed by atoms with Gasteiger partial charge in [0.25, 0.3) is 0 Å². The molecule has 0 radical (unpaired) electrons. The summed E-state index contributed by atoms with van der Waals surface area (Å²) in [4.78, 5) is 12.1. The topological polar surface area (TPSA) is 72.5 Å². The molecule has 0 aromatic rings. The Morgan fingerprint density at radius 1 is 1.04 bits per heavy atom. The van der Waals surface area contributed by atoms with Crippen molar-refractivity contribution < 1.29 is 33.2 Å². The fourth-order valence-electron chi connectivity index (χ4n) is 4.11. The lowest BCUT2D eigenvalue weighted by Gasteiger charge is -2.41. The molecular formula is C17H24O7. The summed E-state index contributed by atoms with van der Waals surface area (Å²) in [5, 5.41) is 0. The van der Waals surface area contributed by atoms with Gasteiger partial charge in [0.15, 0.2) is 29.6 Å². The number of esters is 1. The van der Waals surface area contributed by atoms with Crippen LogP contribution in [0.3, 0.4) is 0 Å². The Morgan fingerprint density at radius 3 is 2.42 bits per heavy atom. The summed E-state index contributed by atoms with van der Waals surface area (Å²) in [5.41, 5.74) is -0.0463. The van der Waals surface area contributed by atoms with E-state index in [1.807, 2.05) is 34.6 Å². The molecule has 24 heavy (non-hydrogen) atoms. The van der Waals surface area contributed by atoms with Crippen LogP contribution in [0.5, 0.6) is 0 Å². The average molecular weight is 340 g/mol. The SMILES string of the molecule is CC1=CC(=O)O[C@]2(C1)C([C@H]1COC(C)(C)O1)O[C@@H]1OC(C)(C)O[C@@H]12. The zero-order valence-corrected chi connectivity index (χ0v) is 14.7. The van der Waals surface area contributed by atoms with Gasteiger partial charge in [0.2, 0.25) is 0 Å². The molecule has 0 saturated carbocycles. The molecule has 4 aliphatic heterocycles. The summed E-state index contributed by atoms with van der Waals surface area (Å²) < 4.78 is 35.5. The monoisotopic (exact) mass is 340 g/mol. The highest BCUT2D eigenvalue weighted by atomic mass is 16.9. The van der Waals surface area contributed by atoms with Crippen LogP contribution in [0.1, 0.15) is 41.0 Å². The van der Waals surface area contributed by atoms with Crippen LogP contribution in [0.2, 0.25) is 0 Å². The van der Waals surface area contributed by atoms with Crippen molar-refractivity contribution in [3.8, 4) is 0 Å². The van der Waals surface area contributed by atoms with Crippen molar-refractivity contribution in [2.45, 2.75) is 82.8 Å². The molecular weight excluding hydrogens is 316 g/mol. The minimum Gasteiger partial charge on any atom is -0.450 e. The van der Waals surface area contributed by atoms with Crippen LogP contribution in [0.25, 0.3) is 0 Å². The maximum Gasteiger partial charge on any atom is 0.331 e. The average Bonchev–Trinajstić information content (AvgIpc) is 3.00. The number of rotatable bonds is 1. The van der Waals surface area contributed by atoms with Gasteiger partial charge in [-0.3, -0.25) is 0 Å². The second-order valence-electron chi connectivity index (χ2n) is 7.89. The summed E-state index contributed by atoms with van der Waals surface area (Å²) in [6, 6.07) is 0. The Balaban J connectivity index is 1.70. The number of carbonyl (C=O) groups excluding carboxylic acids is 1. The van der Waals surface area contributed by atoms with E-state index in [0.29, 0.717) is 13.0 Å². The third-order valence-corrected chi connectivity index (χ3v) is 4.88. The minimum atomic E-state index is -0.969. The molecule has 0 aromatic carbocycles. The van der Waals surface area contributed by atoms with E-state index in [4.69, 9.17) is 28.4 Å². The Bertz CT molecular complexity index is 596. The third-order valence-electron chi connectivity index (χ3n) is 4.88. The molecule has 4 heterocycles. The first-order chi connectivity index (χ1) is 11.1. The van der Waals surface area contributed by atoms with Crippen molar-refractivity contribution in [1.82, 2.24) is 0 Å². The Labute approximate surface area is 141 Å². The third kappa shape index (κ3) is 2.50. The van der Waals surface area contributed by atoms with E-state index in [2.05, 4.69) is 0 Å². The maximum absolute atomic E-state index is 12.1. The minimum absolute atomic E-state index is 0.361. The molecule has 0 bridgehead atoms. The second kappa shape index (κ2) is 5.02. The number of hydrogen-bond donors (Lipinski definition) is 0. The largest absolute Gasteiger partial charge is 0.450 e. The normalized spacial score (nSPS) is 46.0. The van der Waals surface area contributed by atoms with E-state index in [9.17, 15) is 4.79 Å². The second-order valence-corrected chi connectivity index (χ2v) is 7.89. The molecule has 3 fully saturated rings. The molecule has 4 rings (SSSR count). The highest BCUT2D eigenvalue weighted by molar-refractivity contribution is 5.84. The number of carbonyl (C=O) groups is 1. The Kier molecular flexibility index (Phi) is 3.44. The van der Waals surface area contributed by atoms with Gasteiger partial charge in [-0.25, -0.2) is 4.79 Å². The summed E-state index contributed by atoms with van der Waals surface area (Å²) in [7, 11) is 0. The van der Waals surface area contributed by atoms with Gasteiger partial charge in [0.1, 0.15) is 12.2 Å². The van der Waals surface area contributed by atoms with Gasteiger partial charge in [-0.1, -0.05) is 5.57 Å². The highest BCUT2D eigenvalue weighted by Gasteiger charge is 2.69. The molecule has 1 spiro atoms. The molecule has 0 amide bonds. The van der Waals surface area contributed by atoms with Crippen molar-refractivity contribution in [3.05, 3.63) is 11.6 Å². The van der Waals surface area contributed by atoms with E-state index in [0.717, 1.165) is 5.57 Å². The van der Waals surface area contributed by atoms with Crippen molar-refractivity contribution >= 4 is 5.97 Å². The molecule has 0 aliphatic carbocycles. The van der Waals surface area contributed by atoms with Gasteiger partial charge in [0.05, 0.1) is 6.61 Å². The number of hydrogen-bond acceptors (Lipinski definition) is 7. The Morgan fingerprint density at radius 2 is 1.79 bits per heavy atom. The fraction of sp³-hybridized carbons (Fsp3) is 0.824. The molecule has 134 valence electrons. The molecule has 4 aliphatic rings. The van der Waals surface area contributed by atoms with Gasteiger partial charge < -0.3 is 28.4 Å². The molecule has 1 unspecified atom stereocenters. The van der Waals surface area contributed by atoms with Crippen LogP contribution in [-0.4, -0.2) is 54.4 Å². The molecule has 3 saturated heterocycles. The van der Waals surface area contributed by atoms with Crippen LogP contribution < -0.4 is 0 Å². The Hall–Kier alpha value is -0.990. The first-order valence-electron chi connectivity index (χ1n) is 8.33. The lowest BCUT2D eigenvalue weighted by atomic mass is 9.82. The van der Waals surface area contributed by atoms with Gasteiger partial charge >= 0.3 is 5.97 Å². The van der Waals surface area contributed by atoms with E-state index < -0.39 is 35.7 Å². The molecule has 0 aromatic heterocycles. The zero-order valence-electron chi connectivity index (χ0n) is 14.7. The van der Waals surface area contributed by atoms with Crippen molar-refractivity contribution in [3.63, 3.8) is 0 Å². The van der Waals surface area contributed by atoms with Crippen LogP contribution in [0.4, 0.5) is 0 Å². The predicted octanol–water partition coefficient (Wildman–Crippen LogP) is 1.65. The van der Waals surface area contributed by atoms with Crippen LogP contribution in [0, 0.1) is 0 Å². The van der Waals surface area contributed by atoms with E-state index >= 15 is 0 Å². The number of ether oxygens (including phenoxy) is 6. The van der Waals surface area contributed by atoms with Gasteiger partial charge in [-0.15, -0.1) is 0 Å².